The fraction of sp³-hybridized carbons (Fsp3) is 0.235. The number of hydrazone groups is 1. The van der Waals surface area contributed by atoms with E-state index >= 15 is 0 Å². The van der Waals surface area contributed by atoms with Crippen LogP contribution in [0.3, 0.4) is 0 Å². The number of H-pyrrole nitrogens is 1. The molecule has 1 aromatic carbocycles. The molecule has 1 aromatic heterocycles. The van der Waals surface area contributed by atoms with E-state index in [0.29, 0.717) is 5.69 Å². The van der Waals surface area contributed by atoms with Crippen LogP contribution in [0.4, 0.5) is 5.69 Å². The normalized spacial score (nSPS) is 18.4. The number of tetrazole rings is 1. The maximum atomic E-state index is 12.7. The lowest BCUT2D eigenvalue weighted by Gasteiger charge is -2.37. The second-order valence-electron chi connectivity index (χ2n) is 6.79. The van der Waals surface area contributed by atoms with Crippen LogP contribution >= 0.6 is 24.2 Å². The number of nitrogens with one attached hydrogen (secondary N) is 3. The van der Waals surface area contributed by atoms with Crippen LogP contribution in [0, 0.1) is 4.77 Å². The van der Waals surface area contributed by atoms with Gasteiger partial charge in [-0.25, -0.2) is 9.89 Å². The van der Waals surface area contributed by atoms with Crippen molar-refractivity contribution < 1.29 is 19.5 Å². The van der Waals surface area contributed by atoms with Gasteiger partial charge in [-0.15, -0.1) is 4.20 Å². The number of anilines is 1. The standard InChI is InChI=1S/C17H17N9O4S2/c1-8-12(15(29)30)13(28)25-17(19-8)24(7-18-25)14(32-26-22-16(31)21-23-26)10-4-3-5-11(6-10)20-9(2)27/h3-7,14,17,19H,1-2H3,(H,20,27)(H,22,31)(H,29,30). The molecule has 2 aromatic rings. The zero-order valence-electron chi connectivity index (χ0n) is 16.7. The molecular weight excluding hydrogens is 458 g/mol. The summed E-state index contributed by atoms with van der Waals surface area (Å²) in [5, 5.41) is 30.3. The number of aromatic amines is 1. The highest BCUT2D eigenvalue weighted by atomic mass is 32.2. The van der Waals surface area contributed by atoms with Crippen molar-refractivity contribution in [3.63, 3.8) is 0 Å². The molecule has 32 heavy (non-hydrogen) atoms. The number of benzene rings is 1. The fourth-order valence-corrected chi connectivity index (χ4v) is 4.39. The zero-order chi connectivity index (χ0) is 23.0. The Balaban J connectivity index is 1.72. The second-order valence-corrected chi connectivity index (χ2v) is 8.18. The maximum Gasteiger partial charge on any atom is 0.343 e. The summed E-state index contributed by atoms with van der Waals surface area (Å²) in [4.78, 5) is 37.4. The summed E-state index contributed by atoms with van der Waals surface area (Å²) >= 11 is 6.17. The van der Waals surface area contributed by atoms with Gasteiger partial charge in [0.25, 0.3) is 5.91 Å². The van der Waals surface area contributed by atoms with Gasteiger partial charge in [0.2, 0.25) is 17.0 Å². The number of nitrogens with zero attached hydrogens (tertiary/aromatic N) is 6. The van der Waals surface area contributed by atoms with Gasteiger partial charge in [0.05, 0.1) is 0 Å². The van der Waals surface area contributed by atoms with Gasteiger partial charge in [-0.1, -0.05) is 17.2 Å². The summed E-state index contributed by atoms with van der Waals surface area (Å²) in [5.74, 6) is -2.29. The number of amides is 2. The summed E-state index contributed by atoms with van der Waals surface area (Å²) in [6.45, 7) is 2.93. The first kappa shape index (κ1) is 21.5. The average molecular weight is 476 g/mol. The van der Waals surface area contributed by atoms with E-state index in [-0.39, 0.29) is 21.9 Å². The molecule has 3 heterocycles. The number of fused-ring (bicyclic) bond motifs is 1. The monoisotopic (exact) mass is 475 g/mol. The number of aliphatic carboxylic acids is 1. The van der Waals surface area contributed by atoms with E-state index in [0.717, 1.165) is 10.6 Å². The first-order valence-corrected chi connectivity index (χ1v) is 10.4. The number of rotatable bonds is 6. The van der Waals surface area contributed by atoms with Crippen LogP contribution in [0.5, 0.6) is 0 Å². The third-order valence-corrected chi connectivity index (χ3v) is 5.80. The molecule has 13 nitrogen and oxygen atoms in total. The Hall–Kier alpha value is -3.72. The molecule has 2 aliphatic heterocycles. The molecule has 0 saturated carbocycles. The van der Waals surface area contributed by atoms with Crippen LogP contribution in [0.2, 0.25) is 0 Å². The Morgan fingerprint density at radius 1 is 1.38 bits per heavy atom. The number of carbonyl (C=O) groups excluding carboxylic acids is 2. The lowest BCUT2D eigenvalue weighted by atomic mass is 10.1. The molecule has 0 spiro atoms. The van der Waals surface area contributed by atoms with E-state index in [9.17, 15) is 19.5 Å². The minimum atomic E-state index is -1.34. The van der Waals surface area contributed by atoms with Crippen LogP contribution < -0.4 is 10.6 Å². The average Bonchev–Trinajstić information content (AvgIpc) is 3.31. The van der Waals surface area contributed by atoms with Gasteiger partial charge in [-0.05, 0) is 42.1 Å². The van der Waals surface area contributed by atoms with Gasteiger partial charge in [-0.2, -0.15) is 10.1 Å². The molecule has 2 unspecified atom stereocenters. The van der Waals surface area contributed by atoms with Gasteiger partial charge in [0.1, 0.15) is 17.3 Å². The summed E-state index contributed by atoms with van der Waals surface area (Å²) in [6, 6.07) is 7.13. The highest BCUT2D eigenvalue weighted by Gasteiger charge is 2.44. The molecule has 0 bridgehead atoms. The molecule has 2 aliphatic rings. The van der Waals surface area contributed by atoms with E-state index in [1.807, 2.05) is 6.07 Å². The topological polar surface area (TPSA) is 161 Å². The number of carboxylic acid groups (broad SMARTS) is 1. The predicted octanol–water partition coefficient (Wildman–Crippen LogP) is 0.822. The third kappa shape index (κ3) is 4.06. The molecule has 0 aliphatic carbocycles. The highest BCUT2D eigenvalue weighted by Crippen LogP contribution is 2.37. The van der Waals surface area contributed by atoms with E-state index in [4.69, 9.17) is 12.2 Å². The maximum absolute atomic E-state index is 12.7. The van der Waals surface area contributed by atoms with E-state index in [1.165, 1.54) is 36.3 Å². The van der Waals surface area contributed by atoms with Gasteiger partial charge in [0, 0.05) is 30.3 Å². The summed E-state index contributed by atoms with van der Waals surface area (Å²) in [5.41, 5.74) is 1.16. The second kappa shape index (κ2) is 8.43. The Bertz CT molecular complexity index is 1220. The molecule has 2 atom stereocenters. The van der Waals surface area contributed by atoms with Crippen molar-refractivity contribution in [3.05, 3.63) is 45.9 Å². The van der Waals surface area contributed by atoms with Crippen LogP contribution in [0.15, 0.2) is 40.6 Å². The molecule has 166 valence electrons. The Morgan fingerprint density at radius 2 is 2.16 bits per heavy atom. The number of aromatic nitrogens is 4. The van der Waals surface area contributed by atoms with Crippen LogP contribution in [0.25, 0.3) is 0 Å². The number of hydrogen-bond donors (Lipinski definition) is 4. The smallest absolute Gasteiger partial charge is 0.343 e. The molecule has 0 saturated heterocycles. The molecule has 15 heteroatoms. The van der Waals surface area contributed by atoms with Crippen molar-refractivity contribution >= 4 is 54.0 Å². The van der Waals surface area contributed by atoms with E-state index < -0.39 is 23.5 Å². The molecular formula is C17H17N9O4S2. The minimum Gasteiger partial charge on any atom is -0.477 e. The quantitative estimate of drug-likeness (QED) is 0.348. The number of carboxylic acids is 1. The lowest BCUT2D eigenvalue weighted by molar-refractivity contribution is -0.141. The largest absolute Gasteiger partial charge is 0.477 e. The van der Waals surface area contributed by atoms with Gasteiger partial charge < -0.3 is 20.6 Å². The minimum absolute atomic E-state index is 0.191. The lowest BCUT2D eigenvalue weighted by Crippen LogP contribution is -2.56. The Labute approximate surface area is 190 Å². The summed E-state index contributed by atoms with van der Waals surface area (Å²) < 4.78 is 1.56. The van der Waals surface area contributed by atoms with Crippen molar-refractivity contribution in [1.29, 1.82) is 0 Å². The SMILES string of the molecule is CC(=O)Nc1cccc(C(Sn2nnc(=S)[nH]2)N2C=NN3C(=O)C(C(=O)O)=C(C)NC32)c1. The van der Waals surface area contributed by atoms with E-state index in [1.54, 1.807) is 23.1 Å². The summed E-state index contributed by atoms with van der Waals surface area (Å²) in [6.07, 6.45) is 0.654. The van der Waals surface area contributed by atoms with Gasteiger partial charge in [-0.3, -0.25) is 9.59 Å². The summed E-state index contributed by atoms with van der Waals surface area (Å²) in [7, 11) is 0. The number of hydrogen-bond acceptors (Lipinski definition) is 10. The number of carbonyl (C=O) groups is 3. The molecule has 4 N–H and O–H groups in total. The van der Waals surface area contributed by atoms with Crippen molar-refractivity contribution in [3.8, 4) is 0 Å². The predicted molar refractivity (Wildman–Crippen MR) is 116 cm³/mol. The van der Waals surface area contributed by atoms with Crippen molar-refractivity contribution in [2.75, 3.05) is 5.32 Å². The zero-order valence-corrected chi connectivity index (χ0v) is 18.3. The van der Waals surface area contributed by atoms with Crippen molar-refractivity contribution in [2.45, 2.75) is 25.5 Å². The fourth-order valence-electron chi connectivity index (χ4n) is 3.26. The molecule has 2 amide bonds. The first-order valence-electron chi connectivity index (χ1n) is 9.17. The van der Waals surface area contributed by atoms with Crippen LogP contribution in [-0.2, 0) is 14.4 Å². The van der Waals surface area contributed by atoms with Crippen molar-refractivity contribution in [2.24, 2.45) is 5.10 Å². The van der Waals surface area contributed by atoms with Crippen molar-refractivity contribution in [1.82, 2.24) is 34.8 Å². The Kier molecular flexibility index (Phi) is 5.67. The number of allylic oxidation sites excluding steroid dienone is 1. The first-order chi connectivity index (χ1) is 15.2. The van der Waals surface area contributed by atoms with Gasteiger partial charge >= 0.3 is 5.97 Å². The molecule has 0 fully saturated rings. The molecule has 4 rings (SSSR count). The Morgan fingerprint density at radius 3 is 2.81 bits per heavy atom. The van der Waals surface area contributed by atoms with Crippen LogP contribution in [0.1, 0.15) is 24.8 Å². The van der Waals surface area contributed by atoms with Gasteiger partial charge in [0.15, 0.2) is 0 Å². The third-order valence-electron chi connectivity index (χ3n) is 4.55. The van der Waals surface area contributed by atoms with E-state index in [2.05, 4.69) is 31.1 Å². The highest BCUT2D eigenvalue weighted by molar-refractivity contribution is 7.97. The molecule has 0 radical (unpaired) electrons. The van der Waals surface area contributed by atoms with Crippen LogP contribution in [-0.4, -0.2) is 65.0 Å².